The molecular formula is C38H41NO5. The molecule has 2 fully saturated rings. The summed E-state index contributed by atoms with van der Waals surface area (Å²) in [6.07, 6.45) is 6.07. The number of Topliss-reactive ketones (excluding diaryl/α,β-unsaturated/α-hetero) is 1. The van der Waals surface area contributed by atoms with E-state index in [1.165, 1.54) is 19.1 Å². The fraction of sp³-hybridized carbons (Fsp3) is 0.421. The number of allylic oxidation sites excluding steroid dienone is 3. The van der Waals surface area contributed by atoms with Gasteiger partial charge in [0.2, 0.25) is 0 Å². The molecule has 0 amide bonds. The van der Waals surface area contributed by atoms with E-state index < -0.39 is 11.8 Å². The van der Waals surface area contributed by atoms with Crippen LogP contribution >= 0.6 is 0 Å². The molecule has 3 aromatic carbocycles. The third-order valence-electron chi connectivity index (χ3n) is 11.8. The summed E-state index contributed by atoms with van der Waals surface area (Å²) >= 11 is 0. The minimum Gasteiger partial charge on any atom is -0.493 e. The standard InChI is InChI=1S/C38H41NO5/c1-37(2)23-15-16-38(37,3)24(18-23)19-27-32-25-10-8-7-9-21(25)11-13-28(32)39-35-33(27)29(40)20-26(34(35)36(41)44-6)22-12-14-30(42-4)31(17-22)43-5/h7-14,17,19,23,26-27,34,39H,15-16,18,20H2,1-6H3/t23?,26-,27+,34-,38?/m1/s1. The van der Waals surface area contributed by atoms with E-state index in [-0.39, 0.29) is 34.9 Å². The average molecular weight is 592 g/mol. The molecule has 2 saturated carbocycles. The molecule has 7 rings (SSSR count). The molecule has 1 N–H and O–H groups in total. The van der Waals surface area contributed by atoms with Gasteiger partial charge in [0.15, 0.2) is 17.3 Å². The molecule has 0 radical (unpaired) electrons. The molecule has 4 aliphatic rings. The van der Waals surface area contributed by atoms with Crippen LogP contribution in [0.2, 0.25) is 0 Å². The van der Waals surface area contributed by atoms with E-state index in [1.54, 1.807) is 14.2 Å². The Morgan fingerprint density at radius 3 is 2.41 bits per heavy atom. The van der Waals surface area contributed by atoms with Gasteiger partial charge in [-0.25, -0.2) is 0 Å². The van der Waals surface area contributed by atoms with Crippen molar-refractivity contribution < 1.29 is 23.8 Å². The molecule has 6 nitrogen and oxygen atoms in total. The van der Waals surface area contributed by atoms with E-state index in [4.69, 9.17) is 14.2 Å². The summed E-state index contributed by atoms with van der Waals surface area (Å²) in [5, 5.41) is 5.89. The summed E-state index contributed by atoms with van der Waals surface area (Å²) in [5.41, 5.74) is 5.96. The number of methoxy groups -OCH3 is 3. The highest BCUT2D eigenvalue weighted by Crippen LogP contribution is 2.68. The molecule has 0 aromatic heterocycles. The van der Waals surface area contributed by atoms with Gasteiger partial charge in [-0.2, -0.15) is 0 Å². The summed E-state index contributed by atoms with van der Waals surface area (Å²) in [5.74, 6) is 0.123. The Morgan fingerprint density at radius 2 is 1.73 bits per heavy atom. The van der Waals surface area contributed by atoms with Crippen molar-refractivity contribution in [1.82, 2.24) is 0 Å². The zero-order valence-electron chi connectivity index (χ0n) is 26.5. The van der Waals surface area contributed by atoms with Gasteiger partial charge in [0.25, 0.3) is 0 Å². The normalized spacial score (nSPS) is 29.3. The van der Waals surface area contributed by atoms with Crippen molar-refractivity contribution >= 4 is 28.2 Å². The average Bonchev–Trinajstić information content (AvgIpc) is 3.37. The zero-order chi connectivity index (χ0) is 31.0. The predicted molar refractivity (Wildman–Crippen MR) is 172 cm³/mol. The van der Waals surface area contributed by atoms with Crippen molar-refractivity contribution in [3.63, 3.8) is 0 Å². The number of fused-ring (bicyclic) bond motifs is 5. The third kappa shape index (κ3) is 3.99. The number of hydrogen-bond donors (Lipinski definition) is 1. The highest BCUT2D eigenvalue weighted by molar-refractivity contribution is 6.06. The maximum atomic E-state index is 14.5. The lowest BCUT2D eigenvalue weighted by Crippen LogP contribution is -2.39. The van der Waals surface area contributed by atoms with Crippen molar-refractivity contribution in [3.05, 3.63) is 88.6 Å². The lowest BCUT2D eigenvalue weighted by atomic mass is 9.65. The molecule has 228 valence electrons. The molecule has 2 bridgehead atoms. The third-order valence-corrected chi connectivity index (χ3v) is 11.8. The SMILES string of the molecule is COC(=O)[C@H]1C2=C(C(=O)C[C@@H]1c1ccc(OC)c(OC)c1)[C@@H](C=C1CC3CCC1(C)C3(C)C)c1c(ccc3ccccc13)N2. The highest BCUT2D eigenvalue weighted by Gasteiger charge is 2.59. The first-order chi connectivity index (χ1) is 21.1. The number of esters is 1. The van der Waals surface area contributed by atoms with Gasteiger partial charge in [-0.1, -0.05) is 68.8 Å². The molecule has 2 unspecified atom stereocenters. The lowest BCUT2D eigenvalue weighted by Gasteiger charge is -2.41. The number of carbonyl (C=O) groups is 2. The van der Waals surface area contributed by atoms with Gasteiger partial charge in [0.1, 0.15) is 5.92 Å². The smallest absolute Gasteiger partial charge is 0.315 e. The van der Waals surface area contributed by atoms with Crippen molar-refractivity contribution in [3.8, 4) is 11.5 Å². The summed E-state index contributed by atoms with van der Waals surface area (Å²) in [7, 11) is 4.60. The van der Waals surface area contributed by atoms with Crippen LogP contribution in [0.25, 0.3) is 10.8 Å². The van der Waals surface area contributed by atoms with Crippen LogP contribution in [-0.2, 0) is 14.3 Å². The Bertz CT molecular complexity index is 1770. The molecule has 44 heavy (non-hydrogen) atoms. The van der Waals surface area contributed by atoms with Gasteiger partial charge in [-0.05, 0) is 76.1 Å². The van der Waals surface area contributed by atoms with Crippen LogP contribution in [0.3, 0.4) is 0 Å². The summed E-state index contributed by atoms with van der Waals surface area (Å²) < 4.78 is 16.5. The predicted octanol–water partition coefficient (Wildman–Crippen LogP) is 7.94. The van der Waals surface area contributed by atoms with Gasteiger partial charge in [-0.15, -0.1) is 0 Å². The summed E-state index contributed by atoms with van der Waals surface area (Å²) in [6, 6.07) is 18.2. The van der Waals surface area contributed by atoms with Crippen molar-refractivity contribution in [2.45, 2.75) is 58.3 Å². The number of benzene rings is 3. The second-order valence-electron chi connectivity index (χ2n) is 13.7. The molecule has 5 atom stereocenters. The van der Waals surface area contributed by atoms with Crippen LogP contribution in [0.15, 0.2) is 77.5 Å². The number of ketones is 1. The van der Waals surface area contributed by atoms with Crippen molar-refractivity contribution in [2.75, 3.05) is 26.6 Å². The maximum absolute atomic E-state index is 14.5. The van der Waals surface area contributed by atoms with E-state index >= 15 is 0 Å². The molecule has 3 aliphatic carbocycles. The quantitative estimate of drug-likeness (QED) is 0.240. The summed E-state index contributed by atoms with van der Waals surface area (Å²) in [6.45, 7) is 7.24. The minimum atomic E-state index is -0.682. The Kier molecular flexibility index (Phi) is 6.69. The molecule has 1 heterocycles. The monoisotopic (exact) mass is 591 g/mol. The Balaban J connectivity index is 1.44. The van der Waals surface area contributed by atoms with E-state index in [2.05, 4.69) is 68.6 Å². The molecule has 0 saturated heterocycles. The lowest BCUT2D eigenvalue weighted by molar-refractivity contribution is -0.145. The van der Waals surface area contributed by atoms with Crippen LogP contribution in [0.5, 0.6) is 11.5 Å². The van der Waals surface area contributed by atoms with Crippen LogP contribution in [0.1, 0.15) is 69.4 Å². The Hall–Kier alpha value is -4.06. The van der Waals surface area contributed by atoms with Crippen LogP contribution in [-0.4, -0.2) is 33.1 Å². The first-order valence-electron chi connectivity index (χ1n) is 15.7. The number of rotatable bonds is 5. The highest BCUT2D eigenvalue weighted by atomic mass is 16.5. The van der Waals surface area contributed by atoms with Crippen LogP contribution in [0.4, 0.5) is 5.69 Å². The van der Waals surface area contributed by atoms with Gasteiger partial charge in [-0.3, -0.25) is 9.59 Å². The molecular weight excluding hydrogens is 550 g/mol. The van der Waals surface area contributed by atoms with Crippen molar-refractivity contribution in [2.24, 2.45) is 22.7 Å². The zero-order valence-corrected chi connectivity index (χ0v) is 26.5. The van der Waals surface area contributed by atoms with E-state index in [9.17, 15) is 9.59 Å². The number of nitrogens with one attached hydrogen (secondary N) is 1. The van der Waals surface area contributed by atoms with Crippen LogP contribution in [0, 0.1) is 22.7 Å². The second kappa shape index (κ2) is 10.3. The fourth-order valence-corrected chi connectivity index (χ4v) is 8.90. The van der Waals surface area contributed by atoms with Gasteiger partial charge < -0.3 is 19.5 Å². The van der Waals surface area contributed by atoms with Gasteiger partial charge in [0.05, 0.1) is 21.3 Å². The first kappa shape index (κ1) is 28.7. The maximum Gasteiger partial charge on any atom is 0.315 e. The Morgan fingerprint density at radius 1 is 0.955 bits per heavy atom. The van der Waals surface area contributed by atoms with Gasteiger partial charge in [0, 0.05) is 35.2 Å². The molecule has 3 aromatic rings. The first-order valence-corrected chi connectivity index (χ1v) is 15.7. The fourth-order valence-electron chi connectivity index (χ4n) is 8.90. The van der Waals surface area contributed by atoms with E-state index in [0.717, 1.165) is 40.4 Å². The largest absolute Gasteiger partial charge is 0.493 e. The second-order valence-corrected chi connectivity index (χ2v) is 13.7. The Labute approximate surface area is 259 Å². The molecule has 0 spiro atoms. The van der Waals surface area contributed by atoms with Crippen molar-refractivity contribution in [1.29, 1.82) is 0 Å². The number of hydrogen-bond acceptors (Lipinski definition) is 6. The van der Waals surface area contributed by atoms with E-state index in [1.807, 2.05) is 18.2 Å². The van der Waals surface area contributed by atoms with Crippen LogP contribution < -0.4 is 14.8 Å². The molecule has 1 aliphatic heterocycles. The van der Waals surface area contributed by atoms with Gasteiger partial charge >= 0.3 is 5.97 Å². The number of carbonyl (C=O) groups excluding carboxylic acids is 2. The number of anilines is 1. The number of ether oxygens (including phenoxy) is 3. The topological polar surface area (TPSA) is 73.9 Å². The minimum absolute atomic E-state index is 0.0560. The molecule has 6 heteroatoms. The van der Waals surface area contributed by atoms with E-state index in [0.29, 0.717) is 28.7 Å². The summed E-state index contributed by atoms with van der Waals surface area (Å²) in [4.78, 5) is 28.2.